The molecule has 1 fully saturated rings. The van der Waals surface area contributed by atoms with Crippen LogP contribution in [0.25, 0.3) is 0 Å². The van der Waals surface area contributed by atoms with Gasteiger partial charge in [0.05, 0.1) is 0 Å². The number of rotatable bonds is 4. The van der Waals surface area contributed by atoms with E-state index in [0.29, 0.717) is 6.04 Å². The predicted octanol–water partition coefficient (Wildman–Crippen LogP) is 3.76. The largest absolute Gasteiger partial charge is 0.311 e. The van der Waals surface area contributed by atoms with Gasteiger partial charge in [-0.3, -0.25) is 0 Å². The van der Waals surface area contributed by atoms with Crippen molar-refractivity contribution >= 4 is 0 Å². The summed E-state index contributed by atoms with van der Waals surface area (Å²) in [5.41, 5.74) is 1.52. The Balaban J connectivity index is 2.33. The van der Waals surface area contributed by atoms with E-state index in [0.717, 1.165) is 18.4 Å². The molecule has 1 rings (SSSR count). The Hall–Kier alpha value is -0.300. The van der Waals surface area contributed by atoms with Gasteiger partial charge in [-0.25, -0.2) is 0 Å². The van der Waals surface area contributed by atoms with E-state index in [1.807, 2.05) is 0 Å². The Labute approximate surface area is 95.3 Å². The second kappa shape index (κ2) is 6.32. The van der Waals surface area contributed by atoms with Crippen LogP contribution in [0.5, 0.6) is 0 Å². The Bertz CT molecular complexity index is 205. The van der Waals surface area contributed by atoms with Gasteiger partial charge >= 0.3 is 0 Å². The van der Waals surface area contributed by atoms with Crippen LogP contribution < -0.4 is 5.32 Å². The highest BCUT2D eigenvalue weighted by atomic mass is 14.9. The first-order chi connectivity index (χ1) is 7.08. The van der Waals surface area contributed by atoms with Crippen molar-refractivity contribution in [2.24, 2.45) is 11.8 Å². The second-order valence-corrected chi connectivity index (χ2v) is 5.58. The van der Waals surface area contributed by atoms with Gasteiger partial charge in [0.1, 0.15) is 0 Å². The molecule has 0 aromatic carbocycles. The first-order valence-electron chi connectivity index (χ1n) is 6.48. The van der Waals surface area contributed by atoms with Gasteiger partial charge in [0.15, 0.2) is 0 Å². The molecular formula is C14H27N. The monoisotopic (exact) mass is 209 g/mol. The van der Waals surface area contributed by atoms with Gasteiger partial charge in [-0.05, 0) is 31.6 Å². The first kappa shape index (κ1) is 12.8. The smallest absolute Gasteiger partial charge is 0.0164 e. The third-order valence-electron chi connectivity index (χ3n) is 3.29. The van der Waals surface area contributed by atoms with Gasteiger partial charge in [-0.2, -0.15) is 0 Å². The Morgan fingerprint density at radius 2 is 2.13 bits per heavy atom. The topological polar surface area (TPSA) is 12.0 Å². The van der Waals surface area contributed by atoms with Gasteiger partial charge in [0, 0.05) is 12.6 Å². The molecule has 1 aliphatic rings. The van der Waals surface area contributed by atoms with Crippen molar-refractivity contribution < 1.29 is 0 Å². The lowest BCUT2D eigenvalue weighted by molar-refractivity contribution is 0.324. The highest BCUT2D eigenvalue weighted by molar-refractivity contribution is 5.04. The van der Waals surface area contributed by atoms with Gasteiger partial charge in [0.2, 0.25) is 0 Å². The van der Waals surface area contributed by atoms with Crippen molar-refractivity contribution in [3.63, 3.8) is 0 Å². The van der Waals surface area contributed by atoms with Crippen molar-refractivity contribution in [2.45, 2.75) is 59.4 Å². The van der Waals surface area contributed by atoms with E-state index in [-0.39, 0.29) is 0 Å². The average Bonchev–Trinajstić information content (AvgIpc) is 2.15. The predicted molar refractivity (Wildman–Crippen MR) is 68.0 cm³/mol. The molecule has 0 radical (unpaired) electrons. The first-order valence-corrected chi connectivity index (χ1v) is 6.48. The van der Waals surface area contributed by atoms with E-state index < -0.39 is 0 Å². The molecule has 1 nitrogen and oxygen atoms in total. The molecule has 1 aliphatic carbocycles. The number of hydrogen-bond donors (Lipinski definition) is 1. The molecule has 1 heteroatoms. The molecule has 0 spiro atoms. The van der Waals surface area contributed by atoms with Gasteiger partial charge in [-0.1, -0.05) is 45.3 Å². The summed E-state index contributed by atoms with van der Waals surface area (Å²) in [6.07, 6.45) is 8.17. The number of nitrogens with one attached hydrogen (secondary N) is 1. The molecule has 0 amide bonds. The zero-order chi connectivity index (χ0) is 11.3. The van der Waals surface area contributed by atoms with Crippen LogP contribution in [0.15, 0.2) is 11.6 Å². The lowest BCUT2D eigenvalue weighted by Crippen LogP contribution is -2.24. The normalized spacial score (nSPS) is 28.5. The highest BCUT2D eigenvalue weighted by Crippen LogP contribution is 2.29. The van der Waals surface area contributed by atoms with E-state index in [1.54, 1.807) is 0 Å². The zero-order valence-corrected chi connectivity index (χ0v) is 10.8. The van der Waals surface area contributed by atoms with Crippen LogP contribution >= 0.6 is 0 Å². The Morgan fingerprint density at radius 1 is 1.40 bits per heavy atom. The van der Waals surface area contributed by atoms with Crippen molar-refractivity contribution in [1.82, 2.24) is 5.32 Å². The molecule has 0 aliphatic heterocycles. The standard InChI is InChI=1S/C14H27N/c1-11(2)15-10-13(4)9-14-7-5-6-12(3)8-14/h9,11-12,14-15H,5-8,10H2,1-4H3. The molecular weight excluding hydrogens is 182 g/mol. The molecule has 15 heavy (non-hydrogen) atoms. The number of hydrogen-bond acceptors (Lipinski definition) is 1. The van der Waals surface area contributed by atoms with Gasteiger partial charge in [0.25, 0.3) is 0 Å². The zero-order valence-electron chi connectivity index (χ0n) is 10.8. The van der Waals surface area contributed by atoms with Crippen LogP contribution in [-0.2, 0) is 0 Å². The van der Waals surface area contributed by atoms with Crippen LogP contribution in [0.1, 0.15) is 53.4 Å². The van der Waals surface area contributed by atoms with Crippen molar-refractivity contribution in [1.29, 1.82) is 0 Å². The minimum absolute atomic E-state index is 0.596. The van der Waals surface area contributed by atoms with E-state index in [1.165, 1.54) is 31.3 Å². The van der Waals surface area contributed by atoms with E-state index >= 15 is 0 Å². The van der Waals surface area contributed by atoms with Gasteiger partial charge in [-0.15, -0.1) is 0 Å². The van der Waals surface area contributed by atoms with Crippen LogP contribution in [0.4, 0.5) is 0 Å². The average molecular weight is 209 g/mol. The molecule has 0 heterocycles. The molecule has 1 saturated carbocycles. The maximum atomic E-state index is 3.48. The summed E-state index contributed by atoms with van der Waals surface area (Å²) in [7, 11) is 0. The fourth-order valence-electron chi connectivity index (χ4n) is 2.46. The van der Waals surface area contributed by atoms with Crippen LogP contribution in [0.2, 0.25) is 0 Å². The third kappa shape index (κ3) is 5.36. The van der Waals surface area contributed by atoms with Crippen molar-refractivity contribution in [2.75, 3.05) is 6.54 Å². The van der Waals surface area contributed by atoms with Gasteiger partial charge < -0.3 is 5.32 Å². The minimum atomic E-state index is 0.596. The fraction of sp³-hybridized carbons (Fsp3) is 0.857. The van der Waals surface area contributed by atoms with Crippen molar-refractivity contribution in [3.8, 4) is 0 Å². The maximum Gasteiger partial charge on any atom is 0.0164 e. The van der Waals surface area contributed by atoms with Crippen LogP contribution in [0.3, 0.4) is 0 Å². The van der Waals surface area contributed by atoms with E-state index in [4.69, 9.17) is 0 Å². The van der Waals surface area contributed by atoms with E-state index in [2.05, 4.69) is 39.1 Å². The molecule has 88 valence electrons. The SMILES string of the molecule is CC(=CC1CCCC(C)C1)CNC(C)C. The maximum absolute atomic E-state index is 3.48. The Kier molecular flexibility index (Phi) is 5.38. The molecule has 2 atom stereocenters. The lowest BCUT2D eigenvalue weighted by Gasteiger charge is -2.25. The summed E-state index contributed by atoms with van der Waals surface area (Å²) in [5.74, 6) is 1.79. The fourth-order valence-corrected chi connectivity index (χ4v) is 2.46. The Morgan fingerprint density at radius 3 is 2.73 bits per heavy atom. The summed E-state index contributed by atoms with van der Waals surface area (Å²) < 4.78 is 0. The molecule has 0 saturated heterocycles. The van der Waals surface area contributed by atoms with Crippen LogP contribution in [0, 0.1) is 11.8 Å². The lowest BCUT2D eigenvalue weighted by atomic mass is 9.82. The quantitative estimate of drug-likeness (QED) is 0.695. The molecule has 1 N–H and O–H groups in total. The molecule has 2 unspecified atom stereocenters. The summed E-state index contributed by atoms with van der Waals surface area (Å²) in [4.78, 5) is 0. The molecule has 0 aromatic rings. The van der Waals surface area contributed by atoms with E-state index in [9.17, 15) is 0 Å². The third-order valence-corrected chi connectivity index (χ3v) is 3.29. The second-order valence-electron chi connectivity index (χ2n) is 5.58. The van der Waals surface area contributed by atoms with Crippen molar-refractivity contribution in [3.05, 3.63) is 11.6 Å². The molecule has 0 aromatic heterocycles. The minimum Gasteiger partial charge on any atom is -0.311 e. The van der Waals surface area contributed by atoms with Crippen LogP contribution in [-0.4, -0.2) is 12.6 Å². The summed E-state index contributed by atoms with van der Waals surface area (Å²) in [6, 6.07) is 0.596. The summed E-state index contributed by atoms with van der Waals surface area (Å²) >= 11 is 0. The highest BCUT2D eigenvalue weighted by Gasteiger charge is 2.16. The molecule has 0 bridgehead atoms. The summed E-state index contributed by atoms with van der Waals surface area (Å²) in [5, 5.41) is 3.48. The summed E-state index contributed by atoms with van der Waals surface area (Å²) in [6.45, 7) is 10.1. The number of allylic oxidation sites excluding steroid dienone is 1.